The highest BCUT2D eigenvalue weighted by molar-refractivity contribution is 5.93. The van der Waals surface area contributed by atoms with Crippen molar-refractivity contribution in [2.45, 2.75) is 18.8 Å². The second-order valence-electron chi connectivity index (χ2n) is 8.73. The van der Waals surface area contributed by atoms with Crippen molar-refractivity contribution in [3.8, 4) is 11.5 Å². The Kier molecular flexibility index (Phi) is 6.48. The number of esters is 1. The summed E-state index contributed by atoms with van der Waals surface area (Å²) < 4.78 is 11.4. The van der Waals surface area contributed by atoms with E-state index in [1.807, 2.05) is 78.9 Å². The number of piperidine rings is 1. The van der Waals surface area contributed by atoms with Crippen LogP contribution >= 0.6 is 0 Å². The van der Waals surface area contributed by atoms with Crippen LogP contribution in [0.1, 0.15) is 29.9 Å². The van der Waals surface area contributed by atoms with Gasteiger partial charge in [0.05, 0.1) is 0 Å². The molecule has 2 amide bonds. The summed E-state index contributed by atoms with van der Waals surface area (Å²) >= 11 is 0. The summed E-state index contributed by atoms with van der Waals surface area (Å²) in [6.45, 7) is 0.569. The number of hydrogen-bond donors (Lipinski definition) is 1. The lowest BCUT2D eigenvalue weighted by Crippen LogP contribution is -2.43. The molecule has 0 spiro atoms. The Bertz CT molecular complexity index is 1190. The van der Waals surface area contributed by atoms with Gasteiger partial charge in [0, 0.05) is 35.8 Å². The van der Waals surface area contributed by atoms with Crippen LogP contribution in [0.3, 0.4) is 0 Å². The molecule has 0 radical (unpaired) electrons. The number of hydrogen-bond acceptors (Lipinski definition) is 5. The fourth-order valence-corrected chi connectivity index (χ4v) is 4.63. The van der Waals surface area contributed by atoms with Crippen LogP contribution in [0.5, 0.6) is 11.5 Å². The molecule has 1 N–H and O–H groups in total. The van der Waals surface area contributed by atoms with Crippen molar-refractivity contribution >= 4 is 23.5 Å². The highest BCUT2D eigenvalue weighted by Crippen LogP contribution is 2.44. The Morgan fingerprint density at radius 2 is 1.40 bits per heavy atom. The third kappa shape index (κ3) is 4.89. The van der Waals surface area contributed by atoms with Crippen molar-refractivity contribution in [2.75, 3.05) is 25.0 Å². The molecule has 7 nitrogen and oxygen atoms in total. The summed E-state index contributed by atoms with van der Waals surface area (Å²) in [4.78, 5) is 40.1. The van der Waals surface area contributed by atoms with Gasteiger partial charge in [-0.25, -0.2) is 0 Å². The Balaban J connectivity index is 1.17. The van der Waals surface area contributed by atoms with Gasteiger partial charge in [0.1, 0.15) is 17.4 Å². The number of rotatable bonds is 5. The molecule has 1 saturated heterocycles. The molecule has 0 atom stereocenters. The van der Waals surface area contributed by atoms with E-state index in [2.05, 4.69) is 5.32 Å². The maximum absolute atomic E-state index is 13.1. The van der Waals surface area contributed by atoms with E-state index >= 15 is 0 Å². The quantitative estimate of drug-likeness (QED) is 0.561. The van der Waals surface area contributed by atoms with E-state index in [0.717, 1.165) is 5.69 Å². The lowest BCUT2D eigenvalue weighted by molar-refractivity contribution is -0.153. The van der Waals surface area contributed by atoms with E-state index < -0.39 is 11.9 Å². The highest BCUT2D eigenvalue weighted by Gasteiger charge is 2.34. The van der Waals surface area contributed by atoms with Gasteiger partial charge >= 0.3 is 5.97 Å². The van der Waals surface area contributed by atoms with Crippen LogP contribution in [-0.4, -0.2) is 42.4 Å². The number of carbonyl (C=O) groups is 3. The van der Waals surface area contributed by atoms with Gasteiger partial charge in [-0.1, -0.05) is 54.6 Å². The predicted molar refractivity (Wildman–Crippen MR) is 130 cm³/mol. The monoisotopic (exact) mass is 470 g/mol. The topological polar surface area (TPSA) is 84.9 Å². The molecule has 0 aliphatic carbocycles. The van der Waals surface area contributed by atoms with Crippen LogP contribution in [0.15, 0.2) is 78.9 Å². The average molecular weight is 471 g/mol. The molecule has 2 aliphatic heterocycles. The number of para-hydroxylation sites is 3. The summed E-state index contributed by atoms with van der Waals surface area (Å²) in [5, 5.41) is 2.93. The molecule has 2 heterocycles. The van der Waals surface area contributed by atoms with Crippen molar-refractivity contribution in [1.82, 2.24) is 4.90 Å². The van der Waals surface area contributed by atoms with Gasteiger partial charge in [0.2, 0.25) is 5.91 Å². The van der Waals surface area contributed by atoms with Gasteiger partial charge in [0.25, 0.3) is 5.91 Å². The molecule has 7 heteroatoms. The largest absolute Gasteiger partial charge is 0.457 e. The summed E-state index contributed by atoms with van der Waals surface area (Å²) in [7, 11) is 0. The zero-order chi connectivity index (χ0) is 24.2. The van der Waals surface area contributed by atoms with Crippen LogP contribution in [0.4, 0.5) is 5.69 Å². The SMILES string of the molecule is O=C(Nc1ccccc1)C1CCN(C(=O)COC(=O)C2c3ccccc3Oc3ccccc32)CC1. The molecule has 5 rings (SSSR count). The Labute approximate surface area is 203 Å². The van der Waals surface area contributed by atoms with Gasteiger partial charge in [0.15, 0.2) is 6.61 Å². The van der Waals surface area contributed by atoms with Gasteiger partial charge in [-0.3, -0.25) is 14.4 Å². The predicted octanol–water partition coefficient (Wildman–Crippen LogP) is 4.34. The number of benzene rings is 3. The first-order chi connectivity index (χ1) is 17.1. The first kappa shape index (κ1) is 22.7. The number of likely N-dealkylation sites (tertiary alicyclic amines) is 1. The summed E-state index contributed by atoms with van der Waals surface area (Å²) in [6, 6.07) is 24.0. The van der Waals surface area contributed by atoms with Crippen LogP contribution in [0, 0.1) is 5.92 Å². The molecule has 1 fully saturated rings. The Morgan fingerprint density at radius 1 is 0.829 bits per heavy atom. The second kappa shape index (κ2) is 10.0. The zero-order valence-corrected chi connectivity index (χ0v) is 19.2. The molecule has 0 saturated carbocycles. The molecule has 3 aromatic carbocycles. The molecule has 3 aromatic rings. The second-order valence-corrected chi connectivity index (χ2v) is 8.73. The number of ether oxygens (including phenoxy) is 2. The number of nitrogens with one attached hydrogen (secondary N) is 1. The van der Waals surface area contributed by atoms with Crippen LogP contribution in [-0.2, 0) is 19.1 Å². The molecular formula is C28H26N2O5. The number of nitrogens with zero attached hydrogens (tertiary/aromatic N) is 1. The van der Waals surface area contributed by atoms with Gasteiger partial charge in [-0.15, -0.1) is 0 Å². The first-order valence-corrected chi connectivity index (χ1v) is 11.8. The molecular weight excluding hydrogens is 444 g/mol. The van der Waals surface area contributed by atoms with E-state index in [9.17, 15) is 14.4 Å². The molecule has 2 aliphatic rings. The van der Waals surface area contributed by atoms with Crippen molar-refractivity contribution in [3.05, 3.63) is 90.0 Å². The third-order valence-electron chi connectivity index (χ3n) is 6.51. The van der Waals surface area contributed by atoms with Crippen molar-refractivity contribution in [1.29, 1.82) is 0 Å². The number of amides is 2. The zero-order valence-electron chi connectivity index (χ0n) is 19.2. The van der Waals surface area contributed by atoms with E-state index in [0.29, 0.717) is 48.6 Å². The van der Waals surface area contributed by atoms with Crippen LogP contribution in [0.25, 0.3) is 0 Å². The summed E-state index contributed by atoms with van der Waals surface area (Å²) in [6.07, 6.45) is 1.14. The lowest BCUT2D eigenvalue weighted by atomic mass is 9.88. The minimum absolute atomic E-state index is 0.0356. The van der Waals surface area contributed by atoms with E-state index in [1.54, 1.807) is 4.90 Å². The number of carbonyl (C=O) groups excluding carboxylic acids is 3. The maximum atomic E-state index is 13.1. The van der Waals surface area contributed by atoms with Crippen molar-refractivity contribution in [2.24, 2.45) is 5.92 Å². The first-order valence-electron chi connectivity index (χ1n) is 11.8. The maximum Gasteiger partial charge on any atom is 0.318 e. The molecule has 0 unspecified atom stereocenters. The molecule has 178 valence electrons. The minimum Gasteiger partial charge on any atom is -0.457 e. The van der Waals surface area contributed by atoms with E-state index in [4.69, 9.17) is 9.47 Å². The van der Waals surface area contributed by atoms with Gasteiger partial charge in [-0.2, -0.15) is 0 Å². The van der Waals surface area contributed by atoms with Crippen molar-refractivity contribution < 1.29 is 23.9 Å². The standard InChI is InChI=1S/C28H26N2O5/c31-25(30-16-14-19(15-17-30)27(32)29-20-8-2-1-3-9-20)18-34-28(33)26-21-10-4-6-12-23(21)35-24-13-7-5-11-22(24)26/h1-13,19,26H,14-18H2,(H,29,32). The Hall–Kier alpha value is -4.13. The summed E-state index contributed by atoms with van der Waals surface area (Å²) in [5.74, 6) is -0.377. The number of anilines is 1. The third-order valence-corrected chi connectivity index (χ3v) is 6.51. The minimum atomic E-state index is -0.656. The fraction of sp³-hybridized carbons (Fsp3) is 0.250. The summed E-state index contributed by atoms with van der Waals surface area (Å²) in [5.41, 5.74) is 2.20. The van der Waals surface area contributed by atoms with Crippen LogP contribution < -0.4 is 10.1 Å². The molecule has 35 heavy (non-hydrogen) atoms. The van der Waals surface area contributed by atoms with E-state index in [-0.39, 0.29) is 24.3 Å². The van der Waals surface area contributed by atoms with Crippen molar-refractivity contribution in [3.63, 3.8) is 0 Å². The normalized spacial score (nSPS) is 15.4. The molecule has 0 bridgehead atoms. The van der Waals surface area contributed by atoms with E-state index in [1.165, 1.54) is 0 Å². The fourth-order valence-electron chi connectivity index (χ4n) is 4.63. The Morgan fingerprint density at radius 3 is 2.03 bits per heavy atom. The smallest absolute Gasteiger partial charge is 0.318 e. The van der Waals surface area contributed by atoms with Gasteiger partial charge in [-0.05, 0) is 37.1 Å². The van der Waals surface area contributed by atoms with Crippen LogP contribution in [0.2, 0.25) is 0 Å². The number of fused-ring (bicyclic) bond motifs is 2. The highest BCUT2D eigenvalue weighted by atomic mass is 16.5. The lowest BCUT2D eigenvalue weighted by Gasteiger charge is -2.31. The van der Waals surface area contributed by atoms with Gasteiger partial charge < -0.3 is 19.7 Å². The average Bonchev–Trinajstić information content (AvgIpc) is 2.90. The molecule has 0 aromatic heterocycles.